The Balaban J connectivity index is 1.69. The Labute approximate surface area is 146 Å². The average Bonchev–Trinajstić information content (AvgIpc) is 2.99. The van der Waals surface area contributed by atoms with Crippen LogP contribution in [0, 0.1) is 17.0 Å². The van der Waals surface area contributed by atoms with Crippen LogP contribution in [0.2, 0.25) is 0 Å². The van der Waals surface area contributed by atoms with E-state index < -0.39 is 10.8 Å². The molecule has 1 aromatic heterocycles. The lowest BCUT2D eigenvalue weighted by Crippen LogP contribution is -2.18. The number of carbonyl (C=O) groups is 1. The van der Waals surface area contributed by atoms with Gasteiger partial charge in [0.05, 0.1) is 11.0 Å². The maximum absolute atomic E-state index is 12.6. The lowest BCUT2D eigenvalue weighted by atomic mass is 10.1. The first-order chi connectivity index (χ1) is 12.5. The molecular weight excluding hydrogens is 342 g/mol. The maximum Gasteiger partial charge on any atom is 0.286 e. The molecule has 9 nitrogen and oxygen atoms in total. The van der Waals surface area contributed by atoms with Gasteiger partial charge in [0.15, 0.2) is 23.0 Å². The summed E-state index contributed by atoms with van der Waals surface area (Å²) >= 11 is 0. The summed E-state index contributed by atoms with van der Waals surface area (Å²) in [5, 5.41) is 14.0. The van der Waals surface area contributed by atoms with Gasteiger partial charge in [-0.05, 0) is 18.2 Å². The van der Waals surface area contributed by atoms with Crippen molar-refractivity contribution in [3.8, 4) is 11.5 Å². The zero-order chi connectivity index (χ0) is 18.3. The number of nitro groups is 1. The monoisotopic (exact) mass is 355 g/mol. The van der Waals surface area contributed by atoms with Crippen LogP contribution >= 0.6 is 0 Å². The van der Waals surface area contributed by atoms with E-state index in [9.17, 15) is 14.9 Å². The summed E-state index contributed by atoms with van der Waals surface area (Å²) in [6.45, 7) is 2.33. The molecule has 0 saturated carbocycles. The standard InChI is InChI=1S/C17H13N3O6/c1-9-18-12-6-10(2-3-14(12)26-9)19-17(21)11-7-15-16(25-5-4-24-15)8-13(11)20(22)23/h2-3,6-8H,4-5H2,1H3,(H,19,21). The fourth-order valence-electron chi connectivity index (χ4n) is 2.73. The molecule has 1 N–H and O–H groups in total. The Morgan fingerprint density at radius 2 is 1.92 bits per heavy atom. The highest BCUT2D eigenvalue weighted by atomic mass is 16.6. The van der Waals surface area contributed by atoms with Gasteiger partial charge >= 0.3 is 0 Å². The highest BCUT2D eigenvalue weighted by Crippen LogP contribution is 2.37. The second-order valence-electron chi connectivity index (χ2n) is 5.64. The van der Waals surface area contributed by atoms with E-state index in [4.69, 9.17) is 13.9 Å². The second-order valence-corrected chi connectivity index (χ2v) is 5.64. The van der Waals surface area contributed by atoms with E-state index in [0.29, 0.717) is 41.6 Å². The average molecular weight is 355 g/mol. The van der Waals surface area contributed by atoms with E-state index in [0.717, 1.165) is 0 Å². The van der Waals surface area contributed by atoms with Gasteiger partial charge in [0.25, 0.3) is 11.6 Å². The van der Waals surface area contributed by atoms with E-state index in [1.807, 2.05) is 0 Å². The fraction of sp³-hybridized carbons (Fsp3) is 0.176. The Bertz CT molecular complexity index is 1040. The van der Waals surface area contributed by atoms with Crippen LogP contribution in [-0.4, -0.2) is 29.0 Å². The number of hydrogen-bond acceptors (Lipinski definition) is 7. The summed E-state index contributed by atoms with van der Waals surface area (Å²) in [7, 11) is 0. The number of fused-ring (bicyclic) bond motifs is 2. The number of aryl methyl sites for hydroxylation is 1. The number of nitrogens with zero attached hydrogens (tertiary/aromatic N) is 2. The number of aromatic nitrogens is 1. The van der Waals surface area contributed by atoms with Crippen molar-refractivity contribution in [3.63, 3.8) is 0 Å². The minimum atomic E-state index is -0.631. The molecule has 2 heterocycles. The number of hydrogen-bond donors (Lipinski definition) is 1. The molecule has 0 aliphatic carbocycles. The summed E-state index contributed by atoms with van der Waals surface area (Å²) < 4.78 is 16.1. The van der Waals surface area contributed by atoms with Crippen LogP contribution in [-0.2, 0) is 0 Å². The Kier molecular flexibility index (Phi) is 3.68. The largest absolute Gasteiger partial charge is 0.486 e. The predicted molar refractivity (Wildman–Crippen MR) is 90.8 cm³/mol. The van der Waals surface area contributed by atoms with Crippen molar-refractivity contribution in [3.05, 3.63) is 51.9 Å². The first-order valence-corrected chi connectivity index (χ1v) is 7.78. The second kappa shape index (κ2) is 6.03. The predicted octanol–water partition coefficient (Wildman–Crippen LogP) is 3.07. The topological polar surface area (TPSA) is 117 Å². The molecule has 0 atom stereocenters. The Hall–Kier alpha value is -3.62. The Morgan fingerprint density at radius 1 is 1.19 bits per heavy atom. The number of carbonyl (C=O) groups excluding carboxylic acids is 1. The van der Waals surface area contributed by atoms with Crippen LogP contribution < -0.4 is 14.8 Å². The lowest BCUT2D eigenvalue weighted by molar-refractivity contribution is -0.385. The Morgan fingerprint density at radius 3 is 2.65 bits per heavy atom. The van der Waals surface area contributed by atoms with Gasteiger partial charge in [0.2, 0.25) is 0 Å². The molecule has 0 spiro atoms. The van der Waals surface area contributed by atoms with Gasteiger partial charge in [-0.1, -0.05) is 0 Å². The summed E-state index contributed by atoms with van der Waals surface area (Å²) in [5.74, 6) is 0.424. The third-order valence-corrected chi connectivity index (χ3v) is 3.85. The summed E-state index contributed by atoms with van der Waals surface area (Å²) in [6, 6.07) is 7.46. The quantitative estimate of drug-likeness (QED) is 0.567. The molecule has 4 rings (SSSR count). The third kappa shape index (κ3) is 2.79. The highest BCUT2D eigenvalue weighted by Gasteiger charge is 2.26. The summed E-state index contributed by atoms with van der Waals surface area (Å²) in [6.07, 6.45) is 0. The molecule has 0 unspecified atom stereocenters. The number of rotatable bonds is 3. The van der Waals surface area contributed by atoms with Gasteiger partial charge in [-0.15, -0.1) is 0 Å². The number of ether oxygens (including phenoxy) is 2. The van der Waals surface area contributed by atoms with Gasteiger partial charge in [0, 0.05) is 18.7 Å². The molecular formula is C17H13N3O6. The number of nitro benzene ring substituents is 1. The number of amides is 1. The van der Waals surface area contributed by atoms with Crippen LogP contribution in [0.3, 0.4) is 0 Å². The van der Waals surface area contributed by atoms with Crippen LogP contribution in [0.5, 0.6) is 11.5 Å². The fourth-order valence-corrected chi connectivity index (χ4v) is 2.73. The maximum atomic E-state index is 12.6. The number of anilines is 1. The van der Waals surface area contributed by atoms with Crippen molar-refractivity contribution >= 4 is 28.4 Å². The molecule has 26 heavy (non-hydrogen) atoms. The van der Waals surface area contributed by atoms with E-state index >= 15 is 0 Å². The molecule has 1 aliphatic heterocycles. The molecule has 0 radical (unpaired) electrons. The molecule has 0 saturated heterocycles. The van der Waals surface area contributed by atoms with Crippen molar-refractivity contribution in [1.29, 1.82) is 0 Å². The first kappa shape index (κ1) is 15.9. The molecule has 9 heteroatoms. The molecule has 132 valence electrons. The van der Waals surface area contributed by atoms with Crippen LogP contribution in [0.4, 0.5) is 11.4 Å². The zero-order valence-corrected chi connectivity index (χ0v) is 13.6. The van der Waals surface area contributed by atoms with Gasteiger partial charge in [0.1, 0.15) is 24.3 Å². The van der Waals surface area contributed by atoms with Gasteiger partial charge in [-0.3, -0.25) is 14.9 Å². The molecule has 0 bridgehead atoms. The minimum Gasteiger partial charge on any atom is -0.486 e. The zero-order valence-electron chi connectivity index (χ0n) is 13.6. The SMILES string of the molecule is Cc1nc2cc(NC(=O)c3cc4c(cc3[N+](=O)[O-])OCCO4)ccc2o1. The summed E-state index contributed by atoms with van der Waals surface area (Å²) in [5.41, 5.74) is 1.14. The molecule has 2 aromatic carbocycles. The first-order valence-electron chi connectivity index (χ1n) is 7.78. The number of nitrogens with one attached hydrogen (secondary N) is 1. The molecule has 1 aliphatic rings. The van der Waals surface area contributed by atoms with Gasteiger partial charge in [-0.25, -0.2) is 4.98 Å². The summed E-state index contributed by atoms with van der Waals surface area (Å²) in [4.78, 5) is 27.5. The third-order valence-electron chi connectivity index (χ3n) is 3.85. The lowest BCUT2D eigenvalue weighted by Gasteiger charge is -2.18. The van der Waals surface area contributed by atoms with E-state index in [-0.39, 0.29) is 17.0 Å². The molecule has 0 fully saturated rings. The van der Waals surface area contributed by atoms with Crippen LogP contribution in [0.1, 0.15) is 16.2 Å². The smallest absolute Gasteiger partial charge is 0.286 e. The molecule has 1 amide bonds. The normalized spacial score (nSPS) is 12.8. The van der Waals surface area contributed by atoms with Gasteiger partial charge in [-0.2, -0.15) is 0 Å². The van der Waals surface area contributed by atoms with Crippen LogP contribution in [0.25, 0.3) is 11.1 Å². The van der Waals surface area contributed by atoms with E-state index in [1.54, 1.807) is 25.1 Å². The molecule has 3 aromatic rings. The highest BCUT2D eigenvalue weighted by molar-refractivity contribution is 6.08. The van der Waals surface area contributed by atoms with E-state index in [2.05, 4.69) is 10.3 Å². The number of benzene rings is 2. The van der Waals surface area contributed by atoms with Crippen LogP contribution in [0.15, 0.2) is 34.7 Å². The van der Waals surface area contributed by atoms with Crippen molar-refractivity contribution in [2.75, 3.05) is 18.5 Å². The number of oxazole rings is 1. The van der Waals surface area contributed by atoms with Crippen molar-refractivity contribution < 1.29 is 23.6 Å². The van der Waals surface area contributed by atoms with Crippen molar-refractivity contribution in [2.45, 2.75) is 6.92 Å². The minimum absolute atomic E-state index is 0.115. The van der Waals surface area contributed by atoms with E-state index in [1.165, 1.54) is 12.1 Å². The van der Waals surface area contributed by atoms with Crippen molar-refractivity contribution in [2.24, 2.45) is 0 Å². The van der Waals surface area contributed by atoms with Gasteiger partial charge < -0.3 is 19.2 Å². The van der Waals surface area contributed by atoms with Crippen molar-refractivity contribution in [1.82, 2.24) is 4.98 Å².